The highest BCUT2D eigenvalue weighted by Gasteiger charge is 2.21. The first kappa shape index (κ1) is 22.4. The van der Waals surface area contributed by atoms with Gasteiger partial charge in [-0.2, -0.15) is 0 Å². The number of carbonyl (C=O) groups is 1. The van der Waals surface area contributed by atoms with Crippen LogP contribution in [0.25, 0.3) is 22.3 Å². The van der Waals surface area contributed by atoms with E-state index in [1.165, 1.54) is 0 Å². The van der Waals surface area contributed by atoms with Crippen molar-refractivity contribution < 1.29 is 13.9 Å². The third-order valence-corrected chi connectivity index (χ3v) is 6.09. The first-order valence-electron chi connectivity index (χ1n) is 11.3. The molecule has 0 saturated carbocycles. The third-order valence-electron chi connectivity index (χ3n) is 5.86. The predicted octanol–water partition coefficient (Wildman–Crippen LogP) is 4.80. The lowest BCUT2D eigenvalue weighted by Gasteiger charge is -2.29. The van der Waals surface area contributed by atoms with Crippen molar-refractivity contribution in [3.8, 4) is 11.4 Å². The summed E-state index contributed by atoms with van der Waals surface area (Å²) in [6.45, 7) is 3.39. The van der Waals surface area contributed by atoms with Crippen LogP contribution >= 0.6 is 11.6 Å². The van der Waals surface area contributed by atoms with Gasteiger partial charge < -0.3 is 19.0 Å². The van der Waals surface area contributed by atoms with Gasteiger partial charge in [0.2, 0.25) is 5.91 Å². The van der Waals surface area contributed by atoms with E-state index in [1.54, 1.807) is 6.26 Å². The van der Waals surface area contributed by atoms with E-state index in [2.05, 4.69) is 4.90 Å². The van der Waals surface area contributed by atoms with Crippen LogP contribution in [0.15, 0.2) is 71.3 Å². The van der Waals surface area contributed by atoms with E-state index in [1.807, 2.05) is 65.6 Å². The standard InChI is InChI=1S/C26H25ClN4O3/c27-20-8-9-22-23(17-20)28-25(19-5-2-1-3-6-19)29-26(22)31(18-21-7-4-14-34-21)11-10-24(32)30-12-15-33-16-13-30/h1-9,14,17H,10-13,15-16,18H2. The number of morpholine rings is 1. The summed E-state index contributed by atoms with van der Waals surface area (Å²) in [4.78, 5) is 26.6. The van der Waals surface area contributed by atoms with Crippen LogP contribution in [0.5, 0.6) is 0 Å². The molecule has 3 heterocycles. The maximum absolute atomic E-state index is 12.9. The van der Waals surface area contributed by atoms with Crippen molar-refractivity contribution in [2.75, 3.05) is 37.7 Å². The fourth-order valence-electron chi connectivity index (χ4n) is 4.10. The Balaban J connectivity index is 1.53. The molecule has 4 aromatic rings. The molecule has 0 aliphatic carbocycles. The fourth-order valence-corrected chi connectivity index (χ4v) is 4.26. The smallest absolute Gasteiger partial charge is 0.224 e. The van der Waals surface area contributed by atoms with E-state index < -0.39 is 0 Å². The zero-order chi connectivity index (χ0) is 23.3. The van der Waals surface area contributed by atoms with Gasteiger partial charge in [-0.15, -0.1) is 0 Å². The van der Waals surface area contributed by atoms with Crippen molar-refractivity contribution in [3.05, 3.63) is 77.7 Å². The molecule has 1 saturated heterocycles. The monoisotopic (exact) mass is 476 g/mol. The molecule has 0 radical (unpaired) electrons. The molecule has 0 atom stereocenters. The first-order valence-corrected chi connectivity index (χ1v) is 11.7. The number of halogens is 1. The van der Waals surface area contributed by atoms with Gasteiger partial charge in [0.25, 0.3) is 0 Å². The predicted molar refractivity (Wildman–Crippen MR) is 132 cm³/mol. The van der Waals surface area contributed by atoms with E-state index in [0.717, 1.165) is 28.0 Å². The minimum atomic E-state index is 0.109. The fraction of sp³-hybridized carbons (Fsp3) is 0.269. The van der Waals surface area contributed by atoms with E-state index in [9.17, 15) is 4.79 Å². The number of rotatable bonds is 7. The molecule has 34 heavy (non-hydrogen) atoms. The molecule has 1 aliphatic heterocycles. The van der Waals surface area contributed by atoms with Crippen LogP contribution in [0.3, 0.4) is 0 Å². The van der Waals surface area contributed by atoms with Crippen molar-refractivity contribution in [1.29, 1.82) is 0 Å². The highest BCUT2D eigenvalue weighted by Crippen LogP contribution is 2.30. The second-order valence-corrected chi connectivity index (χ2v) is 8.58. The molecule has 5 rings (SSSR count). The number of hydrogen-bond donors (Lipinski definition) is 0. The van der Waals surface area contributed by atoms with Gasteiger partial charge in [0.05, 0.1) is 31.5 Å². The SMILES string of the molecule is O=C(CCN(Cc1ccco1)c1nc(-c2ccccc2)nc2cc(Cl)ccc12)N1CCOCC1. The molecule has 0 N–H and O–H groups in total. The van der Waals surface area contributed by atoms with Gasteiger partial charge in [0.1, 0.15) is 11.6 Å². The summed E-state index contributed by atoms with van der Waals surface area (Å²) in [5.74, 6) is 2.25. The van der Waals surface area contributed by atoms with Crippen LogP contribution in [0.1, 0.15) is 12.2 Å². The highest BCUT2D eigenvalue weighted by atomic mass is 35.5. The Morgan fingerprint density at radius 2 is 1.85 bits per heavy atom. The lowest BCUT2D eigenvalue weighted by Crippen LogP contribution is -2.42. The molecule has 2 aromatic heterocycles. The van der Waals surface area contributed by atoms with Gasteiger partial charge in [-0.25, -0.2) is 9.97 Å². The lowest BCUT2D eigenvalue weighted by atomic mass is 10.1. The molecule has 1 fully saturated rings. The number of hydrogen-bond acceptors (Lipinski definition) is 6. The van der Waals surface area contributed by atoms with Crippen molar-refractivity contribution >= 4 is 34.2 Å². The summed E-state index contributed by atoms with van der Waals surface area (Å²) in [6.07, 6.45) is 2.01. The molecule has 174 valence electrons. The zero-order valence-electron chi connectivity index (χ0n) is 18.7. The number of amides is 1. The number of furan rings is 1. The molecular weight excluding hydrogens is 452 g/mol. The van der Waals surface area contributed by atoms with Crippen molar-refractivity contribution in [2.45, 2.75) is 13.0 Å². The normalized spacial score (nSPS) is 13.9. The summed E-state index contributed by atoms with van der Waals surface area (Å²) in [7, 11) is 0. The van der Waals surface area contributed by atoms with Crippen LogP contribution in [0.2, 0.25) is 5.02 Å². The van der Waals surface area contributed by atoms with Crippen LogP contribution in [0.4, 0.5) is 5.82 Å². The first-order chi connectivity index (χ1) is 16.7. The van der Waals surface area contributed by atoms with Gasteiger partial charge in [-0.3, -0.25) is 4.79 Å². The quantitative estimate of drug-likeness (QED) is 0.381. The summed E-state index contributed by atoms with van der Waals surface area (Å²) < 4.78 is 11.0. The number of fused-ring (bicyclic) bond motifs is 1. The van der Waals surface area contributed by atoms with Crippen LogP contribution in [-0.4, -0.2) is 53.6 Å². The summed E-state index contributed by atoms with van der Waals surface area (Å²) in [6, 6.07) is 19.2. The minimum Gasteiger partial charge on any atom is -0.467 e. The van der Waals surface area contributed by atoms with Gasteiger partial charge in [0, 0.05) is 42.0 Å². The largest absolute Gasteiger partial charge is 0.467 e. The number of nitrogens with zero attached hydrogens (tertiary/aromatic N) is 4. The van der Waals surface area contributed by atoms with Crippen LogP contribution < -0.4 is 4.90 Å². The molecule has 1 amide bonds. The minimum absolute atomic E-state index is 0.109. The van der Waals surface area contributed by atoms with Crippen LogP contribution in [-0.2, 0) is 16.1 Å². The van der Waals surface area contributed by atoms with Crippen molar-refractivity contribution in [3.63, 3.8) is 0 Å². The third kappa shape index (κ3) is 5.05. The molecule has 2 aromatic carbocycles. The Labute approximate surface area is 202 Å². The number of benzene rings is 2. The topological polar surface area (TPSA) is 71.7 Å². The molecule has 7 nitrogen and oxygen atoms in total. The zero-order valence-corrected chi connectivity index (χ0v) is 19.4. The second-order valence-electron chi connectivity index (χ2n) is 8.14. The Bertz CT molecular complexity index is 1260. The summed E-state index contributed by atoms with van der Waals surface area (Å²) in [5.41, 5.74) is 1.66. The highest BCUT2D eigenvalue weighted by molar-refractivity contribution is 6.31. The number of anilines is 1. The second kappa shape index (κ2) is 10.2. The van der Waals surface area contributed by atoms with Gasteiger partial charge >= 0.3 is 0 Å². The van der Waals surface area contributed by atoms with Gasteiger partial charge in [-0.05, 0) is 30.3 Å². The Hall–Kier alpha value is -3.42. The Kier molecular flexibility index (Phi) is 6.74. The van der Waals surface area contributed by atoms with E-state index in [0.29, 0.717) is 56.7 Å². The Morgan fingerprint density at radius 3 is 2.62 bits per heavy atom. The molecule has 0 spiro atoms. The van der Waals surface area contributed by atoms with E-state index >= 15 is 0 Å². The molecule has 8 heteroatoms. The molecular formula is C26H25ClN4O3. The lowest BCUT2D eigenvalue weighted by molar-refractivity contribution is -0.135. The van der Waals surface area contributed by atoms with E-state index in [4.69, 9.17) is 30.7 Å². The number of ether oxygens (including phenoxy) is 1. The van der Waals surface area contributed by atoms with Gasteiger partial charge in [0.15, 0.2) is 5.82 Å². The number of aromatic nitrogens is 2. The summed E-state index contributed by atoms with van der Waals surface area (Å²) >= 11 is 6.30. The molecule has 0 bridgehead atoms. The van der Waals surface area contributed by atoms with E-state index in [-0.39, 0.29) is 5.91 Å². The van der Waals surface area contributed by atoms with Crippen molar-refractivity contribution in [1.82, 2.24) is 14.9 Å². The maximum atomic E-state index is 12.9. The average molecular weight is 477 g/mol. The molecule has 1 aliphatic rings. The maximum Gasteiger partial charge on any atom is 0.224 e. The van der Waals surface area contributed by atoms with Crippen LogP contribution in [0, 0.1) is 0 Å². The number of carbonyl (C=O) groups excluding carboxylic acids is 1. The molecule has 0 unspecified atom stereocenters. The van der Waals surface area contributed by atoms with Gasteiger partial charge in [-0.1, -0.05) is 41.9 Å². The average Bonchev–Trinajstić information content (AvgIpc) is 3.40. The summed E-state index contributed by atoms with van der Waals surface area (Å²) in [5, 5.41) is 1.48. The Morgan fingerprint density at radius 1 is 1.03 bits per heavy atom. The van der Waals surface area contributed by atoms with Crippen molar-refractivity contribution in [2.24, 2.45) is 0 Å².